The minimum atomic E-state index is -0.519. The van der Waals surface area contributed by atoms with E-state index in [0.29, 0.717) is 18.5 Å². The molecule has 0 unspecified atom stereocenters. The Morgan fingerprint density at radius 1 is 1.06 bits per heavy atom. The van der Waals surface area contributed by atoms with Crippen LogP contribution in [0.25, 0.3) is 17.2 Å². The molecule has 2 aromatic carbocycles. The van der Waals surface area contributed by atoms with Crippen LogP contribution in [0.15, 0.2) is 72.9 Å². The van der Waals surface area contributed by atoms with Crippen molar-refractivity contribution in [3.8, 4) is 11.1 Å². The van der Waals surface area contributed by atoms with E-state index in [1.165, 1.54) is 17.3 Å². The molecule has 1 aliphatic rings. The van der Waals surface area contributed by atoms with Crippen molar-refractivity contribution in [2.75, 3.05) is 13.2 Å². The first kappa shape index (κ1) is 20.3. The van der Waals surface area contributed by atoms with E-state index in [4.69, 9.17) is 4.74 Å². The fraction of sp³-hybridized carbons (Fsp3) is 0.167. The summed E-state index contributed by atoms with van der Waals surface area (Å²) in [7, 11) is 0. The van der Waals surface area contributed by atoms with Crippen molar-refractivity contribution < 1.29 is 14.5 Å². The molecule has 0 spiro atoms. The van der Waals surface area contributed by atoms with Crippen LogP contribution in [0.5, 0.6) is 0 Å². The summed E-state index contributed by atoms with van der Waals surface area (Å²) in [4.78, 5) is 26.4. The number of carbonyl (C=O) groups excluding carboxylic acids is 1. The number of hydrogen-bond donors (Lipinski definition) is 1. The van der Waals surface area contributed by atoms with E-state index in [0.717, 1.165) is 11.1 Å². The zero-order valence-electron chi connectivity index (χ0n) is 16.7. The number of amides is 1. The average molecular weight is 415 g/mol. The smallest absolute Gasteiger partial charge is 0.407 e. The number of nitrogens with one attached hydrogen (secondary N) is 1. The molecule has 0 atom stereocenters. The highest BCUT2D eigenvalue weighted by Gasteiger charge is 2.28. The van der Waals surface area contributed by atoms with Gasteiger partial charge in [-0.1, -0.05) is 60.7 Å². The van der Waals surface area contributed by atoms with Gasteiger partial charge in [0.05, 0.1) is 5.56 Å². The van der Waals surface area contributed by atoms with Crippen LogP contribution in [-0.2, 0) is 4.74 Å². The fourth-order valence-corrected chi connectivity index (χ4v) is 3.81. The highest BCUT2D eigenvalue weighted by molar-refractivity contribution is 5.79. The van der Waals surface area contributed by atoms with Crippen molar-refractivity contribution in [1.29, 1.82) is 0 Å². The molecule has 0 radical (unpaired) electrons. The fourth-order valence-electron chi connectivity index (χ4n) is 3.81. The number of pyridine rings is 1. The molecular formula is C24H21N3O4. The minimum absolute atomic E-state index is 0.0178. The molecule has 31 heavy (non-hydrogen) atoms. The Morgan fingerprint density at radius 3 is 2.42 bits per heavy atom. The van der Waals surface area contributed by atoms with Gasteiger partial charge in [0, 0.05) is 12.5 Å². The first-order chi connectivity index (χ1) is 15.1. The Kier molecular flexibility index (Phi) is 6.03. The number of alkyl carbamates (subject to hydrolysis) is 1. The predicted molar refractivity (Wildman–Crippen MR) is 118 cm³/mol. The molecule has 0 bridgehead atoms. The number of fused-ring (bicyclic) bond motifs is 3. The highest BCUT2D eigenvalue weighted by atomic mass is 16.6. The van der Waals surface area contributed by atoms with Crippen LogP contribution < -0.4 is 5.32 Å². The van der Waals surface area contributed by atoms with E-state index in [9.17, 15) is 14.9 Å². The van der Waals surface area contributed by atoms with Crippen LogP contribution >= 0.6 is 0 Å². The molecule has 0 saturated heterocycles. The molecule has 1 aliphatic carbocycles. The average Bonchev–Trinajstić information content (AvgIpc) is 3.11. The zero-order chi connectivity index (χ0) is 21.6. The quantitative estimate of drug-likeness (QED) is 0.335. The lowest BCUT2D eigenvalue weighted by molar-refractivity contribution is -0.389. The van der Waals surface area contributed by atoms with Crippen molar-refractivity contribution in [2.45, 2.75) is 12.3 Å². The zero-order valence-corrected chi connectivity index (χ0v) is 16.7. The number of hydrogen-bond acceptors (Lipinski definition) is 5. The maximum Gasteiger partial charge on any atom is 0.407 e. The Hall–Kier alpha value is -4.00. The standard InChI is InChI=1S/C24H21N3O4/c28-24(26-14-6-5-8-17-9-7-15-25-23(17)27(29)30)31-16-22-20-12-3-1-10-18(20)19-11-2-4-13-21(19)22/h1-5,7-13,15,22H,6,14,16H2,(H,26,28). The van der Waals surface area contributed by atoms with Gasteiger partial charge in [-0.3, -0.25) is 0 Å². The molecule has 0 fully saturated rings. The summed E-state index contributed by atoms with van der Waals surface area (Å²) < 4.78 is 5.48. The van der Waals surface area contributed by atoms with E-state index in [-0.39, 0.29) is 18.3 Å². The third-order valence-corrected chi connectivity index (χ3v) is 5.21. The summed E-state index contributed by atoms with van der Waals surface area (Å²) in [6.07, 6.45) is 4.80. The van der Waals surface area contributed by atoms with E-state index >= 15 is 0 Å². The normalized spacial score (nSPS) is 12.4. The van der Waals surface area contributed by atoms with E-state index in [1.54, 1.807) is 24.3 Å². The van der Waals surface area contributed by atoms with Gasteiger partial charge in [0.1, 0.15) is 12.8 Å². The molecule has 156 valence electrons. The summed E-state index contributed by atoms with van der Waals surface area (Å²) >= 11 is 0. The molecule has 3 aromatic rings. The third-order valence-electron chi connectivity index (χ3n) is 5.21. The van der Waals surface area contributed by atoms with E-state index in [2.05, 4.69) is 34.6 Å². The number of benzene rings is 2. The van der Waals surface area contributed by atoms with Gasteiger partial charge in [-0.2, -0.15) is 0 Å². The summed E-state index contributed by atoms with van der Waals surface area (Å²) in [5.41, 5.74) is 5.12. The second-order valence-corrected chi connectivity index (χ2v) is 7.12. The van der Waals surface area contributed by atoms with Gasteiger partial charge >= 0.3 is 11.9 Å². The first-order valence-corrected chi connectivity index (χ1v) is 10.00. The Balaban J connectivity index is 1.29. The van der Waals surface area contributed by atoms with Crippen molar-refractivity contribution in [3.63, 3.8) is 0 Å². The number of nitrogens with zero attached hydrogens (tertiary/aromatic N) is 2. The van der Waals surface area contributed by atoms with Crippen molar-refractivity contribution in [3.05, 3.63) is 99.7 Å². The molecular weight excluding hydrogens is 394 g/mol. The topological polar surface area (TPSA) is 94.4 Å². The SMILES string of the molecule is O=C(NCCC=Cc1cccnc1[N+](=O)[O-])OCC1c2ccccc2-c2ccccc21. The number of aromatic nitrogens is 1. The molecule has 0 saturated carbocycles. The molecule has 1 N–H and O–H groups in total. The van der Waals surface area contributed by atoms with Gasteiger partial charge in [-0.15, -0.1) is 0 Å². The van der Waals surface area contributed by atoms with Crippen LogP contribution in [-0.4, -0.2) is 29.2 Å². The Labute approximate surface area is 179 Å². The first-order valence-electron chi connectivity index (χ1n) is 10.00. The van der Waals surface area contributed by atoms with Crippen LogP contribution in [0, 0.1) is 10.1 Å². The van der Waals surface area contributed by atoms with Crippen molar-refractivity contribution in [1.82, 2.24) is 10.3 Å². The summed E-state index contributed by atoms with van der Waals surface area (Å²) in [5, 5.41) is 13.7. The molecule has 1 heterocycles. The summed E-state index contributed by atoms with van der Waals surface area (Å²) in [6, 6.07) is 19.6. The third kappa shape index (κ3) is 4.45. The van der Waals surface area contributed by atoms with E-state index in [1.807, 2.05) is 24.3 Å². The lowest BCUT2D eigenvalue weighted by Crippen LogP contribution is -2.26. The van der Waals surface area contributed by atoms with Gasteiger partial charge in [0.2, 0.25) is 0 Å². The van der Waals surface area contributed by atoms with Crippen LogP contribution in [0.3, 0.4) is 0 Å². The maximum atomic E-state index is 12.1. The molecule has 1 amide bonds. The number of rotatable bonds is 7. The van der Waals surface area contributed by atoms with Gasteiger partial charge in [-0.05, 0) is 50.7 Å². The molecule has 0 aliphatic heterocycles. The van der Waals surface area contributed by atoms with Crippen LogP contribution in [0.1, 0.15) is 29.0 Å². The summed E-state index contributed by atoms with van der Waals surface area (Å²) in [5.74, 6) is -0.174. The van der Waals surface area contributed by atoms with Crippen molar-refractivity contribution in [2.24, 2.45) is 0 Å². The minimum Gasteiger partial charge on any atom is -0.449 e. The predicted octanol–water partition coefficient (Wildman–Crippen LogP) is 4.93. The van der Waals surface area contributed by atoms with E-state index < -0.39 is 11.0 Å². The maximum absolute atomic E-state index is 12.1. The lowest BCUT2D eigenvalue weighted by Gasteiger charge is -2.14. The second kappa shape index (κ2) is 9.21. The van der Waals surface area contributed by atoms with Gasteiger partial charge in [0.15, 0.2) is 0 Å². The number of nitro groups is 1. The molecule has 4 rings (SSSR count). The second-order valence-electron chi connectivity index (χ2n) is 7.12. The van der Waals surface area contributed by atoms with Gasteiger partial charge < -0.3 is 20.2 Å². The lowest BCUT2D eigenvalue weighted by atomic mass is 9.98. The Bertz CT molecular complexity index is 1100. The largest absolute Gasteiger partial charge is 0.449 e. The van der Waals surface area contributed by atoms with Crippen molar-refractivity contribution >= 4 is 18.0 Å². The van der Waals surface area contributed by atoms with Gasteiger partial charge in [-0.25, -0.2) is 4.79 Å². The highest BCUT2D eigenvalue weighted by Crippen LogP contribution is 2.44. The van der Waals surface area contributed by atoms with Gasteiger partial charge in [0.25, 0.3) is 0 Å². The molecule has 7 heteroatoms. The number of carbonyl (C=O) groups is 1. The summed E-state index contributed by atoms with van der Waals surface area (Å²) in [6.45, 7) is 0.624. The van der Waals surface area contributed by atoms with Crippen LogP contribution in [0.2, 0.25) is 0 Å². The molecule has 1 aromatic heterocycles. The Morgan fingerprint density at radius 2 is 1.74 bits per heavy atom. The number of ether oxygens (including phenoxy) is 1. The van der Waals surface area contributed by atoms with Crippen LogP contribution in [0.4, 0.5) is 10.6 Å². The monoisotopic (exact) mass is 415 g/mol. The molecule has 7 nitrogen and oxygen atoms in total.